The molecule has 0 saturated heterocycles. The molecule has 1 aromatic rings. The maximum atomic E-state index is 12.1. The standard InChI is InChI=1S/C28H47NO3/c1-24(2)16-14-12-10-8-6-4-5-7-9-11-13-15-23-29-26-19-17-25(18-20-26)27(30)21-22-28(31)32-3/h17-20,24,29H,4-16,21-23H2,1-3H3. The van der Waals surface area contributed by atoms with Gasteiger partial charge in [-0.2, -0.15) is 0 Å². The molecule has 0 saturated carbocycles. The number of methoxy groups -OCH3 is 1. The molecule has 32 heavy (non-hydrogen) atoms. The Bertz CT molecular complexity index is 610. The number of rotatable bonds is 20. The normalized spacial score (nSPS) is 11.0. The van der Waals surface area contributed by atoms with Gasteiger partial charge in [-0.3, -0.25) is 9.59 Å². The lowest BCUT2D eigenvalue weighted by atomic mass is 10.0. The highest BCUT2D eigenvalue weighted by Crippen LogP contribution is 2.15. The fourth-order valence-corrected chi connectivity index (χ4v) is 3.91. The minimum Gasteiger partial charge on any atom is -0.469 e. The topological polar surface area (TPSA) is 55.4 Å². The molecule has 0 radical (unpaired) electrons. The van der Waals surface area contributed by atoms with Crippen LogP contribution in [0.1, 0.15) is 121 Å². The molecule has 0 heterocycles. The van der Waals surface area contributed by atoms with Crippen LogP contribution in [0.2, 0.25) is 0 Å². The fourth-order valence-electron chi connectivity index (χ4n) is 3.91. The van der Waals surface area contributed by atoms with E-state index >= 15 is 0 Å². The van der Waals surface area contributed by atoms with E-state index in [0.717, 1.165) is 18.2 Å². The number of hydrogen-bond donors (Lipinski definition) is 1. The van der Waals surface area contributed by atoms with Crippen LogP contribution in [0.25, 0.3) is 0 Å². The van der Waals surface area contributed by atoms with Gasteiger partial charge in [-0.15, -0.1) is 0 Å². The van der Waals surface area contributed by atoms with Crippen molar-refractivity contribution >= 4 is 17.4 Å². The van der Waals surface area contributed by atoms with Gasteiger partial charge < -0.3 is 10.1 Å². The molecule has 0 spiro atoms. The van der Waals surface area contributed by atoms with Crippen LogP contribution >= 0.6 is 0 Å². The van der Waals surface area contributed by atoms with E-state index in [4.69, 9.17) is 0 Å². The zero-order valence-corrected chi connectivity index (χ0v) is 20.9. The number of ether oxygens (including phenoxy) is 1. The number of ketones is 1. The number of hydrogen-bond acceptors (Lipinski definition) is 4. The summed E-state index contributed by atoms with van der Waals surface area (Å²) >= 11 is 0. The Hall–Kier alpha value is -1.84. The molecule has 4 heteroatoms. The molecular formula is C28H47NO3. The summed E-state index contributed by atoms with van der Waals surface area (Å²) in [5, 5.41) is 3.43. The van der Waals surface area contributed by atoms with Crippen molar-refractivity contribution in [2.24, 2.45) is 5.92 Å². The number of anilines is 1. The van der Waals surface area contributed by atoms with Crippen LogP contribution in [0.15, 0.2) is 24.3 Å². The summed E-state index contributed by atoms with van der Waals surface area (Å²) in [5.74, 6) is 0.490. The van der Waals surface area contributed by atoms with Crippen LogP contribution in [0, 0.1) is 5.92 Å². The van der Waals surface area contributed by atoms with Gasteiger partial charge in [0, 0.05) is 24.2 Å². The molecule has 1 aromatic carbocycles. The van der Waals surface area contributed by atoms with Gasteiger partial charge in [-0.1, -0.05) is 90.9 Å². The summed E-state index contributed by atoms with van der Waals surface area (Å²) in [5.41, 5.74) is 1.68. The highest BCUT2D eigenvalue weighted by molar-refractivity contribution is 5.97. The molecule has 4 nitrogen and oxygen atoms in total. The lowest BCUT2D eigenvalue weighted by Crippen LogP contribution is -2.06. The summed E-state index contributed by atoms with van der Waals surface area (Å²) in [6.07, 6.45) is 18.1. The largest absolute Gasteiger partial charge is 0.469 e. The number of carbonyl (C=O) groups excluding carboxylic acids is 2. The van der Waals surface area contributed by atoms with Gasteiger partial charge in [0.1, 0.15) is 0 Å². The first-order valence-electron chi connectivity index (χ1n) is 13.0. The van der Waals surface area contributed by atoms with E-state index in [9.17, 15) is 9.59 Å². The number of esters is 1. The molecule has 0 unspecified atom stereocenters. The highest BCUT2D eigenvalue weighted by Gasteiger charge is 2.09. The number of nitrogens with one attached hydrogen (secondary N) is 1. The van der Waals surface area contributed by atoms with Crippen molar-refractivity contribution < 1.29 is 14.3 Å². The summed E-state index contributed by atoms with van der Waals surface area (Å²) in [7, 11) is 1.34. The quantitative estimate of drug-likeness (QED) is 0.126. The summed E-state index contributed by atoms with van der Waals surface area (Å²) in [6, 6.07) is 7.53. The smallest absolute Gasteiger partial charge is 0.305 e. The SMILES string of the molecule is COC(=O)CCC(=O)c1ccc(NCCCCCCCCCCCCCCC(C)C)cc1. The molecule has 0 aromatic heterocycles. The number of carbonyl (C=O) groups is 2. The van der Waals surface area contributed by atoms with E-state index in [0.29, 0.717) is 5.56 Å². The van der Waals surface area contributed by atoms with Crippen LogP contribution in [0.5, 0.6) is 0 Å². The average molecular weight is 446 g/mol. The van der Waals surface area contributed by atoms with E-state index in [2.05, 4.69) is 23.9 Å². The van der Waals surface area contributed by atoms with Crippen LogP contribution < -0.4 is 5.32 Å². The maximum Gasteiger partial charge on any atom is 0.305 e. The Morgan fingerprint density at radius 3 is 1.75 bits per heavy atom. The van der Waals surface area contributed by atoms with Crippen molar-refractivity contribution in [2.45, 2.75) is 110 Å². The minimum absolute atomic E-state index is 0.0245. The van der Waals surface area contributed by atoms with Gasteiger partial charge >= 0.3 is 5.97 Å². The number of benzene rings is 1. The van der Waals surface area contributed by atoms with Gasteiger partial charge in [-0.05, 0) is 36.6 Å². The lowest BCUT2D eigenvalue weighted by Gasteiger charge is -2.08. The Morgan fingerprint density at radius 2 is 1.25 bits per heavy atom. The van der Waals surface area contributed by atoms with E-state index in [1.54, 1.807) is 0 Å². The molecule has 0 aliphatic carbocycles. The highest BCUT2D eigenvalue weighted by atomic mass is 16.5. The first-order valence-corrected chi connectivity index (χ1v) is 13.0. The van der Waals surface area contributed by atoms with Gasteiger partial charge in [-0.25, -0.2) is 0 Å². The Morgan fingerprint density at radius 1 is 0.750 bits per heavy atom. The second kappa shape index (κ2) is 18.7. The molecule has 0 fully saturated rings. The van der Waals surface area contributed by atoms with E-state index in [-0.39, 0.29) is 24.6 Å². The molecule has 1 rings (SSSR count). The van der Waals surface area contributed by atoms with Gasteiger partial charge in [0.2, 0.25) is 0 Å². The average Bonchev–Trinajstić information content (AvgIpc) is 2.79. The van der Waals surface area contributed by atoms with Crippen molar-refractivity contribution in [3.8, 4) is 0 Å². The van der Waals surface area contributed by atoms with Crippen LogP contribution in [-0.4, -0.2) is 25.4 Å². The summed E-state index contributed by atoms with van der Waals surface area (Å²) < 4.78 is 4.58. The molecule has 0 aliphatic rings. The predicted octanol–water partition coefficient (Wildman–Crippen LogP) is 7.96. The van der Waals surface area contributed by atoms with Crippen molar-refractivity contribution in [1.29, 1.82) is 0 Å². The third-order valence-corrected chi connectivity index (χ3v) is 6.03. The lowest BCUT2D eigenvalue weighted by molar-refractivity contribution is -0.140. The third-order valence-electron chi connectivity index (χ3n) is 6.03. The van der Waals surface area contributed by atoms with E-state index in [1.807, 2.05) is 24.3 Å². The summed E-state index contributed by atoms with van der Waals surface area (Å²) in [6.45, 7) is 5.60. The summed E-state index contributed by atoms with van der Waals surface area (Å²) in [4.78, 5) is 23.2. The van der Waals surface area contributed by atoms with Crippen molar-refractivity contribution in [2.75, 3.05) is 19.0 Å². The fraction of sp³-hybridized carbons (Fsp3) is 0.714. The molecule has 1 N–H and O–H groups in total. The monoisotopic (exact) mass is 445 g/mol. The predicted molar refractivity (Wildman–Crippen MR) is 135 cm³/mol. The first-order chi connectivity index (χ1) is 15.5. The number of unbranched alkanes of at least 4 members (excludes halogenated alkanes) is 11. The Labute approximate surface area is 196 Å². The third kappa shape index (κ3) is 15.0. The van der Waals surface area contributed by atoms with Crippen LogP contribution in [-0.2, 0) is 9.53 Å². The molecule has 0 aliphatic heterocycles. The molecule has 0 amide bonds. The second-order valence-corrected chi connectivity index (χ2v) is 9.43. The van der Waals surface area contributed by atoms with Crippen molar-refractivity contribution in [3.05, 3.63) is 29.8 Å². The minimum atomic E-state index is -0.348. The second-order valence-electron chi connectivity index (χ2n) is 9.43. The van der Waals surface area contributed by atoms with Crippen molar-refractivity contribution in [1.82, 2.24) is 0 Å². The first kappa shape index (κ1) is 28.2. The molecule has 0 atom stereocenters. The molecular weight excluding hydrogens is 398 g/mol. The van der Waals surface area contributed by atoms with E-state index in [1.165, 1.54) is 90.6 Å². The van der Waals surface area contributed by atoms with Gasteiger partial charge in [0.15, 0.2) is 5.78 Å². The van der Waals surface area contributed by atoms with Crippen molar-refractivity contribution in [3.63, 3.8) is 0 Å². The maximum absolute atomic E-state index is 12.1. The number of Topliss-reactive ketones (excluding diaryl/α,β-unsaturated/α-hetero) is 1. The van der Waals surface area contributed by atoms with E-state index < -0.39 is 0 Å². The Kier molecular flexibility index (Phi) is 16.5. The van der Waals surface area contributed by atoms with Crippen LogP contribution in [0.4, 0.5) is 5.69 Å². The van der Waals surface area contributed by atoms with Gasteiger partial charge in [0.25, 0.3) is 0 Å². The van der Waals surface area contributed by atoms with Crippen LogP contribution in [0.3, 0.4) is 0 Å². The molecule has 182 valence electrons. The zero-order valence-electron chi connectivity index (χ0n) is 20.9. The Balaban J connectivity index is 1.94. The molecule has 0 bridgehead atoms. The zero-order chi connectivity index (χ0) is 23.4. The van der Waals surface area contributed by atoms with Gasteiger partial charge in [0.05, 0.1) is 13.5 Å².